The third-order valence-corrected chi connectivity index (χ3v) is 4.12. The number of nitrogens with zero attached hydrogens (tertiary/aromatic N) is 3. The number of hydrogen-bond donors (Lipinski definition) is 2. The zero-order valence-electron chi connectivity index (χ0n) is 11.6. The van der Waals surface area contributed by atoms with Gasteiger partial charge < -0.3 is 15.2 Å². The Labute approximate surface area is 113 Å². The average molecular weight is 259 g/mol. The minimum Gasteiger partial charge on any atom is -0.367 e. The van der Waals surface area contributed by atoms with Crippen LogP contribution in [0.5, 0.6) is 0 Å². The van der Waals surface area contributed by atoms with Crippen molar-refractivity contribution >= 4 is 16.9 Å². The van der Waals surface area contributed by atoms with Gasteiger partial charge in [-0.1, -0.05) is 0 Å². The Hall–Kier alpha value is -1.62. The van der Waals surface area contributed by atoms with E-state index in [1.54, 1.807) is 6.33 Å². The predicted molar refractivity (Wildman–Crippen MR) is 77.2 cm³/mol. The lowest BCUT2D eigenvalue weighted by Crippen LogP contribution is -2.36. The molecule has 102 valence electrons. The Kier molecular flexibility index (Phi) is 3.38. The molecule has 0 bridgehead atoms. The SMILES string of the molecule is CN(C)[C@H]1CC[C@H](Nc2ncnc3[nH]ccc23)CC1. The van der Waals surface area contributed by atoms with Crippen LogP contribution in [0.2, 0.25) is 0 Å². The van der Waals surface area contributed by atoms with Gasteiger partial charge >= 0.3 is 0 Å². The van der Waals surface area contributed by atoms with Gasteiger partial charge in [-0.25, -0.2) is 9.97 Å². The smallest absolute Gasteiger partial charge is 0.142 e. The van der Waals surface area contributed by atoms with E-state index in [9.17, 15) is 0 Å². The van der Waals surface area contributed by atoms with E-state index in [1.807, 2.05) is 12.3 Å². The maximum absolute atomic E-state index is 4.37. The van der Waals surface area contributed by atoms with Gasteiger partial charge in [0.25, 0.3) is 0 Å². The topological polar surface area (TPSA) is 56.8 Å². The summed E-state index contributed by atoms with van der Waals surface area (Å²) < 4.78 is 0. The zero-order chi connectivity index (χ0) is 13.2. The van der Waals surface area contributed by atoms with Crippen molar-refractivity contribution < 1.29 is 0 Å². The summed E-state index contributed by atoms with van der Waals surface area (Å²) in [6.07, 6.45) is 8.45. The summed E-state index contributed by atoms with van der Waals surface area (Å²) in [4.78, 5) is 14.1. The summed E-state index contributed by atoms with van der Waals surface area (Å²) in [6, 6.07) is 3.29. The van der Waals surface area contributed by atoms with E-state index >= 15 is 0 Å². The van der Waals surface area contributed by atoms with Crippen LogP contribution in [-0.4, -0.2) is 46.0 Å². The van der Waals surface area contributed by atoms with Gasteiger partial charge in [0, 0.05) is 18.3 Å². The minimum atomic E-state index is 0.532. The normalized spacial score (nSPS) is 23.9. The van der Waals surface area contributed by atoms with Gasteiger partial charge in [0.1, 0.15) is 17.8 Å². The van der Waals surface area contributed by atoms with E-state index < -0.39 is 0 Å². The van der Waals surface area contributed by atoms with Gasteiger partial charge in [0.2, 0.25) is 0 Å². The highest BCUT2D eigenvalue weighted by Gasteiger charge is 2.22. The van der Waals surface area contributed by atoms with Crippen LogP contribution in [0.3, 0.4) is 0 Å². The molecule has 2 aromatic heterocycles. The summed E-state index contributed by atoms with van der Waals surface area (Å²) >= 11 is 0. The standard InChI is InChI=1S/C14H21N5/c1-19(2)11-5-3-10(4-6-11)18-14-12-7-8-15-13(12)16-9-17-14/h7-11H,3-6H2,1-2H3,(H2,15,16,17,18)/t10-,11-. The number of nitrogens with one attached hydrogen (secondary N) is 2. The summed E-state index contributed by atoms with van der Waals surface area (Å²) in [5, 5.41) is 4.66. The van der Waals surface area contributed by atoms with Crippen LogP contribution in [-0.2, 0) is 0 Å². The van der Waals surface area contributed by atoms with E-state index in [2.05, 4.69) is 39.3 Å². The summed E-state index contributed by atoms with van der Waals surface area (Å²) in [7, 11) is 4.35. The number of aromatic nitrogens is 3. The Balaban J connectivity index is 1.68. The molecule has 1 aliphatic carbocycles. The van der Waals surface area contributed by atoms with Crippen LogP contribution in [0.25, 0.3) is 11.0 Å². The molecule has 1 aliphatic rings. The van der Waals surface area contributed by atoms with Crippen LogP contribution >= 0.6 is 0 Å². The summed E-state index contributed by atoms with van der Waals surface area (Å²) in [6.45, 7) is 0. The molecule has 1 saturated carbocycles. The second-order valence-electron chi connectivity index (χ2n) is 5.58. The van der Waals surface area contributed by atoms with Crippen molar-refractivity contribution in [2.45, 2.75) is 37.8 Å². The molecule has 0 atom stereocenters. The molecule has 0 aromatic carbocycles. The average Bonchev–Trinajstić information content (AvgIpc) is 2.89. The number of hydrogen-bond acceptors (Lipinski definition) is 4. The fourth-order valence-electron chi connectivity index (χ4n) is 2.92. The number of rotatable bonds is 3. The van der Waals surface area contributed by atoms with Crippen molar-refractivity contribution in [3.63, 3.8) is 0 Å². The maximum atomic E-state index is 4.37. The fourth-order valence-corrected chi connectivity index (χ4v) is 2.92. The Morgan fingerprint density at radius 2 is 2.00 bits per heavy atom. The number of aromatic amines is 1. The molecule has 2 aromatic rings. The first-order valence-electron chi connectivity index (χ1n) is 6.95. The molecule has 5 heteroatoms. The zero-order valence-corrected chi connectivity index (χ0v) is 11.6. The molecule has 2 heterocycles. The van der Waals surface area contributed by atoms with Crippen LogP contribution in [0, 0.1) is 0 Å². The molecular weight excluding hydrogens is 238 g/mol. The first-order chi connectivity index (χ1) is 9.24. The van der Waals surface area contributed by atoms with Gasteiger partial charge in [-0.05, 0) is 45.8 Å². The van der Waals surface area contributed by atoms with Crippen molar-refractivity contribution in [2.75, 3.05) is 19.4 Å². The maximum Gasteiger partial charge on any atom is 0.142 e. The van der Waals surface area contributed by atoms with Gasteiger partial charge in [-0.3, -0.25) is 0 Å². The summed E-state index contributed by atoms with van der Waals surface area (Å²) in [5.41, 5.74) is 0.902. The molecule has 0 spiro atoms. The molecule has 5 nitrogen and oxygen atoms in total. The first-order valence-corrected chi connectivity index (χ1v) is 6.95. The predicted octanol–water partition coefficient (Wildman–Crippen LogP) is 2.24. The summed E-state index contributed by atoms with van der Waals surface area (Å²) in [5.74, 6) is 0.958. The van der Waals surface area contributed by atoms with Gasteiger partial charge in [-0.2, -0.15) is 0 Å². The lowest BCUT2D eigenvalue weighted by atomic mass is 9.90. The Bertz CT molecular complexity index is 540. The molecule has 0 radical (unpaired) electrons. The highest BCUT2D eigenvalue weighted by atomic mass is 15.1. The molecule has 1 fully saturated rings. The molecule has 0 amide bonds. The van der Waals surface area contributed by atoms with Crippen LogP contribution < -0.4 is 5.32 Å². The highest BCUT2D eigenvalue weighted by molar-refractivity contribution is 5.86. The third kappa shape index (κ3) is 2.56. The lowest BCUT2D eigenvalue weighted by molar-refractivity contribution is 0.221. The monoisotopic (exact) mass is 259 g/mol. The van der Waals surface area contributed by atoms with Gasteiger partial charge in [0.15, 0.2) is 0 Å². The quantitative estimate of drug-likeness (QED) is 0.887. The number of H-pyrrole nitrogens is 1. The molecule has 3 rings (SSSR count). The van der Waals surface area contributed by atoms with Crippen LogP contribution in [0.15, 0.2) is 18.6 Å². The third-order valence-electron chi connectivity index (χ3n) is 4.12. The van der Waals surface area contributed by atoms with Crippen molar-refractivity contribution in [3.05, 3.63) is 18.6 Å². The van der Waals surface area contributed by atoms with E-state index in [4.69, 9.17) is 0 Å². The van der Waals surface area contributed by atoms with Gasteiger partial charge in [-0.15, -0.1) is 0 Å². The van der Waals surface area contributed by atoms with E-state index in [1.165, 1.54) is 25.7 Å². The molecule has 2 N–H and O–H groups in total. The van der Waals surface area contributed by atoms with Gasteiger partial charge in [0.05, 0.1) is 5.39 Å². The molecule has 19 heavy (non-hydrogen) atoms. The number of fused-ring (bicyclic) bond motifs is 1. The van der Waals surface area contributed by atoms with Crippen molar-refractivity contribution in [1.29, 1.82) is 0 Å². The van der Waals surface area contributed by atoms with Crippen molar-refractivity contribution in [3.8, 4) is 0 Å². The van der Waals surface area contributed by atoms with Crippen molar-refractivity contribution in [1.82, 2.24) is 19.9 Å². The molecular formula is C14H21N5. The second-order valence-corrected chi connectivity index (χ2v) is 5.58. The molecule has 0 unspecified atom stereocenters. The lowest BCUT2D eigenvalue weighted by Gasteiger charge is -2.33. The van der Waals surface area contributed by atoms with E-state index in [-0.39, 0.29) is 0 Å². The number of anilines is 1. The largest absolute Gasteiger partial charge is 0.367 e. The van der Waals surface area contributed by atoms with Crippen LogP contribution in [0.4, 0.5) is 5.82 Å². The highest BCUT2D eigenvalue weighted by Crippen LogP contribution is 2.26. The Morgan fingerprint density at radius 1 is 1.21 bits per heavy atom. The van der Waals surface area contributed by atoms with E-state index in [0.29, 0.717) is 6.04 Å². The van der Waals surface area contributed by atoms with E-state index in [0.717, 1.165) is 22.9 Å². The second kappa shape index (κ2) is 5.17. The molecule has 0 saturated heterocycles. The Morgan fingerprint density at radius 3 is 2.74 bits per heavy atom. The minimum absolute atomic E-state index is 0.532. The van der Waals surface area contributed by atoms with Crippen molar-refractivity contribution in [2.24, 2.45) is 0 Å². The fraction of sp³-hybridized carbons (Fsp3) is 0.571. The first kappa shape index (κ1) is 12.4. The molecule has 0 aliphatic heterocycles. The van der Waals surface area contributed by atoms with Crippen LogP contribution in [0.1, 0.15) is 25.7 Å².